The first-order valence-corrected chi connectivity index (χ1v) is 3.83. The van der Waals surface area contributed by atoms with Crippen LogP contribution in [0.1, 0.15) is 19.3 Å². The second-order valence-corrected chi connectivity index (χ2v) is 2.93. The van der Waals surface area contributed by atoms with E-state index in [-0.39, 0.29) is 12.5 Å². The Kier molecular flexibility index (Phi) is 2.69. The van der Waals surface area contributed by atoms with E-state index in [1.807, 2.05) is 0 Å². The van der Waals surface area contributed by atoms with Gasteiger partial charge in [0, 0.05) is 0 Å². The predicted octanol–water partition coefficient (Wildman–Crippen LogP) is -0.451. The zero-order chi connectivity index (χ0) is 9.03. The van der Waals surface area contributed by atoms with E-state index in [2.05, 4.69) is 16.2 Å². The molecule has 12 heavy (non-hydrogen) atoms. The van der Waals surface area contributed by atoms with E-state index in [4.69, 9.17) is 12.2 Å². The van der Waals surface area contributed by atoms with Crippen LogP contribution in [0, 0.1) is 12.3 Å². The number of hydrogen-bond acceptors (Lipinski definition) is 3. The van der Waals surface area contributed by atoms with E-state index in [0.717, 1.165) is 19.3 Å². The van der Waals surface area contributed by atoms with Crippen LogP contribution in [0.25, 0.3) is 0 Å². The van der Waals surface area contributed by atoms with Gasteiger partial charge >= 0.3 is 0 Å². The summed E-state index contributed by atoms with van der Waals surface area (Å²) in [5.41, 5.74) is 7.19. The first-order valence-electron chi connectivity index (χ1n) is 3.83. The maximum absolute atomic E-state index is 11.2. The van der Waals surface area contributed by atoms with Crippen molar-refractivity contribution in [3.63, 3.8) is 0 Å². The Labute approximate surface area is 71.4 Å². The third-order valence-electron chi connectivity index (χ3n) is 2.02. The summed E-state index contributed by atoms with van der Waals surface area (Å²) in [7, 11) is 0. The number of amides is 1. The average Bonchev–Trinajstić information content (AvgIpc) is 2.00. The number of hydrogen-bond donors (Lipinski definition) is 2. The van der Waals surface area contributed by atoms with Crippen molar-refractivity contribution >= 4 is 5.91 Å². The van der Waals surface area contributed by atoms with Crippen molar-refractivity contribution in [2.75, 3.05) is 6.61 Å². The molecule has 3 N–H and O–H groups in total. The number of nitrogens with two attached hydrogens (primary N) is 1. The molecule has 0 heterocycles. The number of hydroxylamine groups is 1. The molecule has 1 amide bonds. The van der Waals surface area contributed by atoms with Crippen LogP contribution >= 0.6 is 0 Å². The first kappa shape index (κ1) is 9.04. The van der Waals surface area contributed by atoms with Crippen molar-refractivity contribution in [3.8, 4) is 12.3 Å². The summed E-state index contributed by atoms with van der Waals surface area (Å²) in [6, 6.07) is 0. The lowest BCUT2D eigenvalue weighted by Crippen LogP contribution is -2.58. The van der Waals surface area contributed by atoms with E-state index in [9.17, 15) is 4.79 Å². The van der Waals surface area contributed by atoms with Crippen LogP contribution in [0.4, 0.5) is 0 Å². The minimum atomic E-state index is -0.714. The lowest BCUT2D eigenvalue weighted by Gasteiger charge is -2.35. The molecule has 1 aliphatic carbocycles. The number of nitrogens with one attached hydrogen (secondary N) is 1. The van der Waals surface area contributed by atoms with Crippen LogP contribution < -0.4 is 11.2 Å². The summed E-state index contributed by atoms with van der Waals surface area (Å²) in [5.74, 6) is 1.96. The maximum atomic E-state index is 11.2. The molecule has 0 aliphatic heterocycles. The van der Waals surface area contributed by atoms with Crippen LogP contribution in [0.2, 0.25) is 0 Å². The highest BCUT2D eigenvalue weighted by molar-refractivity contribution is 5.86. The molecular formula is C8H12N2O2. The van der Waals surface area contributed by atoms with Crippen molar-refractivity contribution in [2.45, 2.75) is 24.8 Å². The molecule has 0 unspecified atom stereocenters. The Morgan fingerprint density at radius 2 is 2.42 bits per heavy atom. The van der Waals surface area contributed by atoms with Gasteiger partial charge in [0.05, 0.1) is 5.54 Å². The Balaban J connectivity index is 2.24. The molecular weight excluding hydrogens is 156 g/mol. The monoisotopic (exact) mass is 168 g/mol. The number of carbonyl (C=O) groups excluding carboxylic acids is 1. The van der Waals surface area contributed by atoms with Gasteiger partial charge in [-0.25, -0.2) is 5.48 Å². The van der Waals surface area contributed by atoms with Gasteiger partial charge in [0.25, 0.3) is 5.91 Å². The molecule has 0 saturated heterocycles. The second kappa shape index (κ2) is 3.57. The number of carbonyl (C=O) groups is 1. The molecule has 4 nitrogen and oxygen atoms in total. The highest BCUT2D eigenvalue weighted by atomic mass is 16.6. The fourth-order valence-electron chi connectivity index (χ4n) is 1.03. The summed E-state index contributed by atoms with van der Waals surface area (Å²) in [6.45, 7) is 0.0713. The highest BCUT2D eigenvalue weighted by Gasteiger charge is 2.40. The average molecular weight is 168 g/mol. The molecule has 66 valence electrons. The minimum absolute atomic E-state index is 0.0713. The van der Waals surface area contributed by atoms with Crippen molar-refractivity contribution < 1.29 is 9.63 Å². The summed E-state index contributed by atoms with van der Waals surface area (Å²) < 4.78 is 0. The zero-order valence-electron chi connectivity index (χ0n) is 6.80. The van der Waals surface area contributed by atoms with E-state index >= 15 is 0 Å². The lowest BCUT2D eigenvalue weighted by atomic mass is 9.77. The van der Waals surface area contributed by atoms with Gasteiger partial charge in [0.1, 0.15) is 6.61 Å². The third-order valence-corrected chi connectivity index (χ3v) is 2.02. The Bertz CT molecular complexity index is 216. The summed E-state index contributed by atoms with van der Waals surface area (Å²) in [5, 5.41) is 0. The molecule has 1 aliphatic rings. The van der Waals surface area contributed by atoms with Gasteiger partial charge in [-0.3, -0.25) is 9.63 Å². The van der Waals surface area contributed by atoms with Gasteiger partial charge in [-0.2, -0.15) is 0 Å². The summed E-state index contributed by atoms with van der Waals surface area (Å²) in [6.07, 6.45) is 7.35. The van der Waals surface area contributed by atoms with Gasteiger partial charge in [-0.15, -0.1) is 6.42 Å². The molecule has 0 bridgehead atoms. The minimum Gasteiger partial charge on any atom is -0.317 e. The van der Waals surface area contributed by atoms with Gasteiger partial charge in [-0.1, -0.05) is 5.92 Å². The van der Waals surface area contributed by atoms with Crippen molar-refractivity contribution in [3.05, 3.63) is 0 Å². The van der Waals surface area contributed by atoms with Gasteiger partial charge in [0.15, 0.2) is 0 Å². The third kappa shape index (κ3) is 1.76. The SMILES string of the molecule is C#CCONC(=O)C1(N)CCC1. The van der Waals surface area contributed by atoms with Crippen molar-refractivity contribution in [1.82, 2.24) is 5.48 Å². The normalized spacial score (nSPS) is 19.0. The molecule has 1 rings (SSSR count). The Morgan fingerprint density at radius 3 is 2.83 bits per heavy atom. The van der Waals surface area contributed by atoms with Gasteiger partial charge in [-0.05, 0) is 19.3 Å². The molecule has 0 aromatic heterocycles. The fraction of sp³-hybridized carbons (Fsp3) is 0.625. The Hall–Kier alpha value is -1.05. The largest absolute Gasteiger partial charge is 0.317 e. The summed E-state index contributed by atoms with van der Waals surface area (Å²) >= 11 is 0. The zero-order valence-corrected chi connectivity index (χ0v) is 6.80. The van der Waals surface area contributed by atoms with Crippen LogP contribution in [-0.4, -0.2) is 18.1 Å². The van der Waals surface area contributed by atoms with E-state index in [0.29, 0.717) is 0 Å². The van der Waals surface area contributed by atoms with Gasteiger partial charge in [0.2, 0.25) is 0 Å². The first-order chi connectivity index (χ1) is 5.69. The molecule has 1 fully saturated rings. The number of terminal acetylenes is 1. The number of rotatable bonds is 3. The fourth-order valence-corrected chi connectivity index (χ4v) is 1.03. The molecule has 0 spiro atoms. The molecule has 0 atom stereocenters. The lowest BCUT2D eigenvalue weighted by molar-refractivity contribution is -0.141. The smallest absolute Gasteiger partial charge is 0.263 e. The highest BCUT2D eigenvalue weighted by Crippen LogP contribution is 2.28. The van der Waals surface area contributed by atoms with Crippen LogP contribution in [0.3, 0.4) is 0 Å². The van der Waals surface area contributed by atoms with E-state index < -0.39 is 5.54 Å². The maximum Gasteiger partial charge on any atom is 0.263 e. The molecule has 0 aromatic carbocycles. The Morgan fingerprint density at radius 1 is 1.75 bits per heavy atom. The van der Waals surface area contributed by atoms with Crippen molar-refractivity contribution in [2.24, 2.45) is 5.73 Å². The predicted molar refractivity (Wildman–Crippen MR) is 43.7 cm³/mol. The van der Waals surface area contributed by atoms with Crippen molar-refractivity contribution in [1.29, 1.82) is 0 Å². The van der Waals surface area contributed by atoms with E-state index in [1.54, 1.807) is 0 Å². The molecule has 1 saturated carbocycles. The summed E-state index contributed by atoms with van der Waals surface area (Å²) in [4.78, 5) is 15.8. The van der Waals surface area contributed by atoms with E-state index in [1.165, 1.54) is 0 Å². The second-order valence-electron chi connectivity index (χ2n) is 2.93. The standard InChI is InChI=1S/C8H12N2O2/c1-2-6-12-10-7(11)8(9)4-3-5-8/h1H,3-6,9H2,(H,10,11). The van der Waals surface area contributed by atoms with Gasteiger partial charge < -0.3 is 5.73 Å². The quantitative estimate of drug-likeness (QED) is 0.341. The molecule has 0 radical (unpaired) electrons. The van der Waals surface area contributed by atoms with Crippen LogP contribution in [0.15, 0.2) is 0 Å². The topological polar surface area (TPSA) is 64.3 Å². The molecule has 4 heteroatoms. The van der Waals surface area contributed by atoms with Crippen LogP contribution in [-0.2, 0) is 9.63 Å². The van der Waals surface area contributed by atoms with Crippen LogP contribution in [0.5, 0.6) is 0 Å². The molecule has 0 aromatic rings.